The molecule has 0 spiro atoms. The molecule has 6 nitrogen and oxygen atoms in total. The van der Waals surface area contributed by atoms with E-state index in [9.17, 15) is 4.79 Å². The molecule has 0 radical (unpaired) electrons. The number of esters is 1. The lowest BCUT2D eigenvalue weighted by molar-refractivity contribution is 0.0500. The SMILES string of the molecule is CCCCOC(=O)c1ccc(Nc2nc3cc(CC)ccc3nc2NSc2ccc(Cl)cc2)cc1. The first-order valence-electron chi connectivity index (χ1n) is 11.6. The van der Waals surface area contributed by atoms with Crippen molar-refractivity contribution in [3.63, 3.8) is 0 Å². The Morgan fingerprint density at radius 1 is 0.943 bits per heavy atom. The second-order valence-electron chi connectivity index (χ2n) is 7.95. The van der Waals surface area contributed by atoms with Crippen molar-refractivity contribution >= 4 is 57.9 Å². The van der Waals surface area contributed by atoms with Gasteiger partial charge in [0.2, 0.25) is 0 Å². The van der Waals surface area contributed by atoms with Gasteiger partial charge in [-0.2, -0.15) is 0 Å². The van der Waals surface area contributed by atoms with Crippen LogP contribution in [0, 0.1) is 0 Å². The number of carbonyl (C=O) groups is 1. The van der Waals surface area contributed by atoms with Crippen LogP contribution in [0.25, 0.3) is 11.0 Å². The van der Waals surface area contributed by atoms with Crippen molar-refractivity contribution in [1.82, 2.24) is 9.97 Å². The molecule has 180 valence electrons. The summed E-state index contributed by atoms with van der Waals surface area (Å²) in [5, 5.41) is 4.03. The van der Waals surface area contributed by atoms with Gasteiger partial charge < -0.3 is 14.8 Å². The van der Waals surface area contributed by atoms with E-state index in [2.05, 4.69) is 36.0 Å². The summed E-state index contributed by atoms with van der Waals surface area (Å²) in [7, 11) is 0. The number of fused-ring (bicyclic) bond motifs is 1. The summed E-state index contributed by atoms with van der Waals surface area (Å²) >= 11 is 7.43. The van der Waals surface area contributed by atoms with Gasteiger partial charge >= 0.3 is 5.97 Å². The maximum Gasteiger partial charge on any atom is 0.338 e. The zero-order valence-corrected chi connectivity index (χ0v) is 21.2. The molecule has 4 aromatic rings. The van der Waals surface area contributed by atoms with E-state index in [1.165, 1.54) is 17.5 Å². The van der Waals surface area contributed by atoms with E-state index in [1.807, 2.05) is 42.5 Å². The molecule has 1 aromatic heterocycles. The van der Waals surface area contributed by atoms with Crippen LogP contribution in [-0.2, 0) is 11.2 Å². The fourth-order valence-corrected chi connectivity index (χ4v) is 4.06. The van der Waals surface area contributed by atoms with Gasteiger partial charge in [0.25, 0.3) is 0 Å². The monoisotopic (exact) mass is 506 g/mol. The van der Waals surface area contributed by atoms with Crippen LogP contribution < -0.4 is 10.0 Å². The van der Waals surface area contributed by atoms with E-state index in [0.717, 1.165) is 40.9 Å². The molecule has 8 heteroatoms. The smallest absolute Gasteiger partial charge is 0.338 e. The molecular formula is C27H27ClN4O2S. The lowest BCUT2D eigenvalue weighted by Gasteiger charge is -2.14. The number of nitrogens with zero attached hydrogens (tertiary/aromatic N) is 2. The van der Waals surface area contributed by atoms with Crippen LogP contribution in [0.3, 0.4) is 0 Å². The molecule has 2 N–H and O–H groups in total. The van der Waals surface area contributed by atoms with Gasteiger partial charge in [-0.25, -0.2) is 14.8 Å². The Labute approximate surface area is 214 Å². The van der Waals surface area contributed by atoms with Gasteiger partial charge in [0.05, 0.1) is 23.2 Å². The third-order valence-electron chi connectivity index (χ3n) is 5.33. The number of carbonyl (C=O) groups excluding carboxylic acids is 1. The van der Waals surface area contributed by atoms with Gasteiger partial charge in [0.1, 0.15) is 0 Å². The van der Waals surface area contributed by atoms with E-state index >= 15 is 0 Å². The number of ether oxygens (including phenoxy) is 1. The topological polar surface area (TPSA) is 76.1 Å². The van der Waals surface area contributed by atoms with Crippen molar-refractivity contribution in [3.05, 3.63) is 82.9 Å². The van der Waals surface area contributed by atoms with Gasteiger partial charge in [-0.1, -0.05) is 37.9 Å². The molecule has 0 bridgehead atoms. The van der Waals surface area contributed by atoms with Crippen molar-refractivity contribution in [1.29, 1.82) is 0 Å². The number of anilines is 3. The number of aromatic nitrogens is 2. The van der Waals surface area contributed by atoms with Crippen LogP contribution in [0.4, 0.5) is 17.3 Å². The van der Waals surface area contributed by atoms with Crippen molar-refractivity contribution in [2.45, 2.75) is 38.0 Å². The van der Waals surface area contributed by atoms with Gasteiger partial charge in [-0.15, -0.1) is 0 Å². The fraction of sp³-hybridized carbons (Fsp3) is 0.222. The number of unbranched alkanes of at least 4 members (excludes halogenated alkanes) is 1. The van der Waals surface area contributed by atoms with Gasteiger partial charge in [0, 0.05) is 15.6 Å². The lowest BCUT2D eigenvalue weighted by atomic mass is 10.1. The first-order chi connectivity index (χ1) is 17.1. The second kappa shape index (κ2) is 11.9. The molecule has 4 rings (SSSR count). The minimum atomic E-state index is -0.315. The summed E-state index contributed by atoms with van der Waals surface area (Å²) in [6.07, 6.45) is 2.76. The van der Waals surface area contributed by atoms with E-state index in [1.54, 1.807) is 12.1 Å². The Morgan fingerprint density at radius 3 is 2.40 bits per heavy atom. The average molecular weight is 507 g/mol. The predicted molar refractivity (Wildman–Crippen MR) is 145 cm³/mol. The van der Waals surface area contributed by atoms with E-state index in [-0.39, 0.29) is 5.97 Å². The van der Waals surface area contributed by atoms with Gasteiger partial charge in [-0.3, -0.25) is 0 Å². The molecule has 0 saturated carbocycles. The number of hydrogen-bond donors (Lipinski definition) is 2. The maximum absolute atomic E-state index is 12.2. The van der Waals surface area contributed by atoms with Crippen molar-refractivity contribution in [2.75, 3.05) is 16.6 Å². The predicted octanol–water partition coefficient (Wildman–Crippen LogP) is 7.67. The van der Waals surface area contributed by atoms with Gasteiger partial charge in [0.15, 0.2) is 11.6 Å². The zero-order chi connectivity index (χ0) is 24.6. The highest BCUT2D eigenvalue weighted by molar-refractivity contribution is 8.00. The molecule has 0 aliphatic heterocycles. The Balaban J connectivity index is 1.58. The molecule has 0 amide bonds. The Kier molecular flexibility index (Phi) is 8.45. The molecule has 35 heavy (non-hydrogen) atoms. The van der Waals surface area contributed by atoms with Crippen LogP contribution in [0.2, 0.25) is 5.02 Å². The Morgan fingerprint density at radius 2 is 1.69 bits per heavy atom. The normalized spacial score (nSPS) is 10.8. The number of rotatable bonds is 10. The molecule has 0 saturated heterocycles. The van der Waals surface area contributed by atoms with E-state index in [4.69, 9.17) is 26.3 Å². The summed E-state index contributed by atoms with van der Waals surface area (Å²) < 4.78 is 8.61. The number of aryl methyl sites for hydroxylation is 1. The molecule has 0 aliphatic rings. The molecular weight excluding hydrogens is 480 g/mol. The van der Waals surface area contributed by atoms with Crippen LogP contribution in [0.1, 0.15) is 42.6 Å². The maximum atomic E-state index is 12.2. The lowest BCUT2D eigenvalue weighted by Crippen LogP contribution is -2.06. The average Bonchev–Trinajstić information content (AvgIpc) is 2.88. The third-order valence-corrected chi connectivity index (χ3v) is 6.39. The Hall–Kier alpha value is -3.29. The van der Waals surface area contributed by atoms with Crippen LogP contribution in [-0.4, -0.2) is 22.5 Å². The standard InChI is InChI=1S/C27H27ClN4O2S/c1-3-5-16-34-27(33)19-7-11-21(12-8-19)29-25-26(32-35-22-13-9-20(28)10-14-22)30-23-15-6-18(4-2)17-24(23)31-25/h6-15,17H,3-5,16H2,1-2H3,(H,29,31)(H,30,32). The molecule has 0 aliphatic carbocycles. The molecule has 1 heterocycles. The minimum absolute atomic E-state index is 0.315. The third kappa shape index (κ3) is 6.65. The van der Waals surface area contributed by atoms with E-state index in [0.29, 0.717) is 28.8 Å². The number of benzene rings is 3. The summed E-state index contributed by atoms with van der Waals surface area (Å²) in [6.45, 7) is 4.60. The summed E-state index contributed by atoms with van der Waals surface area (Å²) in [6, 6.07) is 20.8. The number of halogens is 1. The zero-order valence-electron chi connectivity index (χ0n) is 19.7. The highest BCUT2D eigenvalue weighted by Gasteiger charge is 2.12. The quantitative estimate of drug-likeness (QED) is 0.130. The van der Waals surface area contributed by atoms with Crippen LogP contribution >= 0.6 is 23.5 Å². The van der Waals surface area contributed by atoms with Crippen molar-refractivity contribution < 1.29 is 9.53 Å². The highest BCUT2D eigenvalue weighted by Crippen LogP contribution is 2.30. The molecule has 0 atom stereocenters. The van der Waals surface area contributed by atoms with Crippen molar-refractivity contribution in [2.24, 2.45) is 0 Å². The minimum Gasteiger partial charge on any atom is -0.462 e. The van der Waals surface area contributed by atoms with Crippen molar-refractivity contribution in [3.8, 4) is 0 Å². The molecule has 0 unspecified atom stereocenters. The first kappa shape index (κ1) is 24.8. The first-order valence-corrected chi connectivity index (χ1v) is 12.8. The van der Waals surface area contributed by atoms with Crippen LogP contribution in [0.5, 0.6) is 0 Å². The van der Waals surface area contributed by atoms with E-state index < -0.39 is 0 Å². The highest BCUT2D eigenvalue weighted by atomic mass is 35.5. The second-order valence-corrected chi connectivity index (χ2v) is 9.26. The molecule has 3 aromatic carbocycles. The number of nitrogens with one attached hydrogen (secondary N) is 2. The van der Waals surface area contributed by atoms with Gasteiger partial charge in [-0.05, 0) is 91.0 Å². The number of hydrogen-bond acceptors (Lipinski definition) is 7. The van der Waals surface area contributed by atoms with Crippen LogP contribution in [0.15, 0.2) is 71.6 Å². The Bertz CT molecular complexity index is 1300. The summed E-state index contributed by atoms with van der Waals surface area (Å²) in [5.41, 5.74) is 4.11. The largest absolute Gasteiger partial charge is 0.462 e. The molecule has 0 fully saturated rings. The summed E-state index contributed by atoms with van der Waals surface area (Å²) in [4.78, 5) is 22.9. The summed E-state index contributed by atoms with van der Waals surface area (Å²) in [5.74, 6) is 0.875. The fourth-order valence-electron chi connectivity index (χ4n) is 3.31.